The lowest BCUT2D eigenvalue weighted by molar-refractivity contribution is -0.148. The molecule has 1 aliphatic rings. The van der Waals surface area contributed by atoms with Crippen LogP contribution in [0, 0.1) is 0 Å². The number of amides is 1. The Morgan fingerprint density at radius 1 is 1.17 bits per heavy atom. The molecule has 0 spiro atoms. The fourth-order valence-corrected chi connectivity index (χ4v) is 2.81. The first kappa shape index (κ1) is 15.3. The number of aliphatic hydroxyl groups excluding tert-OH is 1. The number of aliphatic carboxylic acids is 1. The summed E-state index contributed by atoms with van der Waals surface area (Å²) in [4.78, 5) is 24.5. The number of carbonyl (C=O) groups excluding carboxylic acids is 1. The number of likely N-dealkylation sites (tertiary alicyclic amines) is 1. The molecule has 1 amide bonds. The molecule has 0 unspecified atom stereocenters. The summed E-state index contributed by atoms with van der Waals surface area (Å²) >= 11 is 0. The predicted molar refractivity (Wildman–Crippen MR) is 83.2 cm³/mol. The molecule has 0 aliphatic carbocycles. The third-order valence-electron chi connectivity index (χ3n) is 3.97. The second-order valence-electron chi connectivity index (χ2n) is 5.59. The van der Waals surface area contributed by atoms with Crippen LogP contribution >= 0.6 is 0 Å². The van der Waals surface area contributed by atoms with Gasteiger partial charge in [0, 0.05) is 13.0 Å². The Morgan fingerprint density at radius 3 is 2.65 bits per heavy atom. The molecule has 2 atom stereocenters. The summed E-state index contributed by atoms with van der Waals surface area (Å²) in [5, 5.41) is 20.7. The molecule has 120 valence electrons. The Kier molecular flexibility index (Phi) is 4.16. The minimum absolute atomic E-state index is 0.0247. The summed E-state index contributed by atoms with van der Waals surface area (Å²) < 4.78 is 5.49. The molecule has 0 aromatic heterocycles. The molecule has 0 bridgehead atoms. The van der Waals surface area contributed by atoms with Crippen molar-refractivity contribution in [2.24, 2.45) is 0 Å². The van der Waals surface area contributed by atoms with E-state index >= 15 is 0 Å². The van der Waals surface area contributed by atoms with Gasteiger partial charge < -0.3 is 19.8 Å². The number of hydrogen-bond donors (Lipinski definition) is 2. The van der Waals surface area contributed by atoms with Crippen molar-refractivity contribution >= 4 is 22.6 Å². The van der Waals surface area contributed by atoms with E-state index in [0.717, 1.165) is 15.7 Å². The van der Waals surface area contributed by atoms with E-state index in [1.165, 1.54) is 0 Å². The Labute approximate surface area is 132 Å². The van der Waals surface area contributed by atoms with Gasteiger partial charge in [0.1, 0.15) is 11.8 Å². The van der Waals surface area contributed by atoms with E-state index in [0.29, 0.717) is 5.75 Å². The highest BCUT2D eigenvalue weighted by molar-refractivity contribution is 5.86. The number of benzene rings is 2. The predicted octanol–water partition coefficient (Wildman–Crippen LogP) is 1.26. The van der Waals surface area contributed by atoms with E-state index in [1.54, 1.807) is 6.07 Å². The fourth-order valence-electron chi connectivity index (χ4n) is 2.81. The Balaban J connectivity index is 1.66. The number of rotatable bonds is 4. The number of hydrogen-bond acceptors (Lipinski definition) is 4. The summed E-state index contributed by atoms with van der Waals surface area (Å²) in [6, 6.07) is 12.3. The normalized spacial score (nSPS) is 20.7. The van der Waals surface area contributed by atoms with Gasteiger partial charge in [-0.05, 0) is 22.9 Å². The molecule has 3 rings (SSSR count). The summed E-state index contributed by atoms with van der Waals surface area (Å²) in [5.41, 5.74) is 0. The minimum Gasteiger partial charge on any atom is -0.484 e. The Bertz CT molecular complexity index is 745. The molecule has 1 saturated heterocycles. The zero-order valence-corrected chi connectivity index (χ0v) is 12.4. The second-order valence-corrected chi connectivity index (χ2v) is 5.59. The van der Waals surface area contributed by atoms with Crippen molar-refractivity contribution in [3.05, 3.63) is 42.5 Å². The van der Waals surface area contributed by atoms with E-state index in [9.17, 15) is 14.7 Å². The lowest BCUT2D eigenvalue weighted by Gasteiger charge is -2.21. The summed E-state index contributed by atoms with van der Waals surface area (Å²) in [6.07, 6.45) is -0.752. The van der Waals surface area contributed by atoms with Gasteiger partial charge in [-0.15, -0.1) is 0 Å². The number of carboxylic acids is 1. The zero-order chi connectivity index (χ0) is 16.4. The number of carbonyl (C=O) groups is 2. The van der Waals surface area contributed by atoms with E-state index in [4.69, 9.17) is 9.84 Å². The molecule has 2 aromatic carbocycles. The van der Waals surface area contributed by atoms with Gasteiger partial charge in [-0.2, -0.15) is 0 Å². The van der Waals surface area contributed by atoms with Gasteiger partial charge in [0.15, 0.2) is 6.61 Å². The Morgan fingerprint density at radius 2 is 1.91 bits per heavy atom. The number of aliphatic hydroxyl groups is 1. The summed E-state index contributed by atoms with van der Waals surface area (Å²) in [5.74, 6) is -1.01. The first-order valence-electron chi connectivity index (χ1n) is 7.36. The molecule has 1 heterocycles. The number of carboxylic acid groups (broad SMARTS) is 1. The lowest BCUT2D eigenvalue weighted by atomic mass is 10.1. The maximum Gasteiger partial charge on any atom is 0.326 e. The van der Waals surface area contributed by atoms with Crippen molar-refractivity contribution in [2.75, 3.05) is 13.2 Å². The van der Waals surface area contributed by atoms with Crippen LogP contribution in [-0.4, -0.2) is 52.3 Å². The van der Waals surface area contributed by atoms with E-state index in [1.807, 2.05) is 36.4 Å². The summed E-state index contributed by atoms with van der Waals surface area (Å²) in [6.45, 7) is -0.230. The van der Waals surface area contributed by atoms with Gasteiger partial charge >= 0.3 is 5.97 Å². The van der Waals surface area contributed by atoms with Gasteiger partial charge in [0.2, 0.25) is 0 Å². The van der Waals surface area contributed by atoms with Crippen LogP contribution < -0.4 is 4.74 Å². The number of nitrogens with zero attached hydrogens (tertiary/aromatic N) is 1. The largest absolute Gasteiger partial charge is 0.484 e. The third-order valence-corrected chi connectivity index (χ3v) is 3.97. The first-order valence-corrected chi connectivity index (χ1v) is 7.36. The number of β-amino-alcohol motifs (C(OH)–C–C–N with tert-alkyl or cyclic N) is 1. The van der Waals surface area contributed by atoms with Crippen LogP contribution in [0.15, 0.2) is 42.5 Å². The van der Waals surface area contributed by atoms with Gasteiger partial charge in [-0.1, -0.05) is 30.3 Å². The fraction of sp³-hybridized carbons (Fsp3) is 0.294. The van der Waals surface area contributed by atoms with Crippen LogP contribution in [0.3, 0.4) is 0 Å². The molecular weight excluding hydrogens is 298 g/mol. The third kappa shape index (κ3) is 3.27. The van der Waals surface area contributed by atoms with E-state index in [2.05, 4.69) is 0 Å². The molecule has 6 heteroatoms. The van der Waals surface area contributed by atoms with Crippen LogP contribution in [0.1, 0.15) is 6.42 Å². The topological polar surface area (TPSA) is 87.1 Å². The molecule has 23 heavy (non-hydrogen) atoms. The van der Waals surface area contributed by atoms with Gasteiger partial charge in [-0.3, -0.25) is 4.79 Å². The highest BCUT2D eigenvalue weighted by Gasteiger charge is 2.38. The molecule has 2 aromatic rings. The highest BCUT2D eigenvalue weighted by Crippen LogP contribution is 2.22. The van der Waals surface area contributed by atoms with Crippen molar-refractivity contribution in [3.8, 4) is 5.75 Å². The van der Waals surface area contributed by atoms with Crippen LogP contribution in [0.5, 0.6) is 5.75 Å². The number of ether oxygens (including phenoxy) is 1. The second kappa shape index (κ2) is 6.26. The molecule has 0 radical (unpaired) electrons. The molecule has 2 N–H and O–H groups in total. The van der Waals surface area contributed by atoms with E-state index in [-0.39, 0.29) is 19.6 Å². The quantitative estimate of drug-likeness (QED) is 0.887. The smallest absolute Gasteiger partial charge is 0.326 e. The Hall–Kier alpha value is -2.60. The molecule has 6 nitrogen and oxygen atoms in total. The number of fused-ring (bicyclic) bond motifs is 1. The standard InChI is InChI=1S/C17H17NO5/c19-13-8-15(17(21)22)18(9-13)16(20)10-23-14-6-5-11-3-1-2-4-12(11)7-14/h1-7,13,15,19H,8-10H2,(H,21,22)/t13-,15+/m0/s1. The monoisotopic (exact) mass is 315 g/mol. The van der Waals surface area contributed by atoms with Crippen molar-refractivity contribution in [3.63, 3.8) is 0 Å². The van der Waals surface area contributed by atoms with Crippen LogP contribution in [-0.2, 0) is 9.59 Å². The van der Waals surface area contributed by atoms with Gasteiger partial charge in [0.25, 0.3) is 5.91 Å². The maximum absolute atomic E-state index is 12.2. The van der Waals surface area contributed by atoms with Crippen LogP contribution in [0.25, 0.3) is 10.8 Å². The lowest BCUT2D eigenvalue weighted by Crippen LogP contribution is -2.42. The van der Waals surface area contributed by atoms with Crippen LogP contribution in [0.4, 0.5) is 0 Å². The molecular formula is C17H17NO5. The molecule has 1 fully saturated rings. The van der Waals surface area contributed by atoms with E-state index < -0.39 is 24.0 Å². The van der Waals surface area contributed by atoms with Crippen molar-refractivity contribution in [1.29, 1.82) is 0 Å². The minimum atomic E-state index is -1.11. The molecule has 0 saturated carbocycles. The van der Waals surface area contributed by atoms with Crippen molar-refractivity contribution < 1.29 is 24.5 Å². The van der Waals surface area contributed by atoms with Crippen molar-refractivity contribution in [2.45, 2.75) is 18.6 Å². The average Bonchev–Trinajstić information content (AvgIpc) is 2.95. The van der Waals surface area contributed by atoms with Gasteiger partial charge in [0.05, 0.1) is 6.10 Å². The highest BCUT2D eigenvalue weighted by atomic mass is 16.5. The maximum atomic E-state index is 12.2. The average molecular weight is 315 g/mol. The first-order chi connectivity index (χ1) is 11.0. The van der Waals surface area contributed by atoms with Crippen molar-refractivity contribution in [1.82, 2.24) is 4.90 Å². The summed E-state index contributed by atoms with van der Waals surface area (Å²) in [7, 11) is 0. The zero-order valence-electron chi connectivity index (χ0n) is 12.4. The molecule has 1 aliphatic heterocycles. The van der Waals surface area contributed by atoms with Crippen LogP contribution in [0.2, 0.25) is 0 Å². The SMILES string of the molecule is O=C(O)[C@H]1C[C@H](O)CN1C(=O)COc1ccc2ccccc2c1. The van der Waals surface area contributed by atoms with Gasteiger partial charge in [-0.25, -0.2) is 4.79 Å².